The molecule has 1 N–H and O–H groups in total. The molecule has 0 spiro atoms. The summed E-state index contributed by atoms with van der Waals surface area (Å²) in [5.41, 5.74) is 1.47. The predicted octanol–water partition coefficient (Wildman–Crippen LogP) is 2.21. The van der Waals surface area contributed by atoms with Gasteiger partial charge in [0.2, 0.25) is 0 Å². The molecule has 0 unspecified atom stereocenters. The number of pyridine rings is 1. The van der Waals surface area contributed by atoms with Gasteiger partial charge in [0.05, 0.1) is 18.9 Å². The molecule has 2 aliphatic rings. The van der Waals surface area contributed by atoms with Gasteiger partial charge in [-0.3, -0.25) is 9.88 Å². The van der Waals surface area contributed by atoms with Gasteiger partial charge >= 0.3 is 0 Å². The van der Waals surface area contributed by atoms with Crippen molar-refractivity contribution in [1.82, 2.24) is 15.2 Å². The minimum absolute atomic E-state index is 0.344. The van der Waals surface area contributed by atoms with E-state index in [2.05, 4.69) is 27.3 Å². The molecule has 2 fully saturated rings. The third-order valence-corrected chi connectivity index (χ3v) is 4.95. The van der Waals surface area contributed by atoms with Crippen molar-refractivity contribution in [1.29, 1.82) is 0 Å². The summed E-state index contributed by atoms with van der Waals surface area (Å²) >= 11 is 0. The van der Waals surface area contributed by atoms with E-state index in [4.69, 9.17) is 4.74 Å². The molecule has 1 saturated carbocycles. The molecule has 0 bridgehead atoms. The van der Waals surface area contributed by atoms with Crippen LogP contribution in [0.1, 0.15) is 37.8 Å². The lowest BCUT2D eigenvalue weighted by molar-refractivity contribution is -0.0369. The molecule has 0 aromatic carbocycles. The Morgan fingerprint density at radius 2 is 1.95 bits per heavy atom. The second kappa shape index (κ2) is 7.34. The largest absolute Gasteiger partial charge is 0.379 e. The quantitative estimate of drug-likeness (QED) is 0.902. The maximum Gasteiger partial charge on any atom is 0.0594 e. The molecule has 0 amide bonds. The molecule has 4 nitrogen and oxygen atoms in total. The van der Waals surface area contributed by atoms with Gasteiger partial charge < -0.3 is 10.1 Å². The van der Waals surface area contributed by atoms with E-state index in [0.717, 1.165) is 45.1 Å². The lowest BCUT2D eigenvalue weighted by atomic mass is 9.79. The minimum Gasteiger partial charge on any atom is -0.379 e. The number of nitrogens with one attached hydrogen (secondary N) is 1. The summed E-state index contributed by atoms with van der Waals surface area (Å²) < 4.78 is 5.54. The van der Waals surface area contributed by atoms with E-state index in [1.165, 1.54) is 32.1 Å². The first-order chi connectivity index (χ1) is 10.4. The van der Waals surface area contributed by atoms with Crippen LogP contribution in [0.4, 0.5) is 0 Å². The molecule has 0 atom stereocenters. The third kappa shape index (κ3) is 3.82. The highest BCUT2D eigenvalue weighted by atomic mass is 16.5. The van der Waals surface area contributed by atoms with Gasteiger partial charge in [-0.1, -0.05) is 25.3 Å². The van der Waals surface area contributed by atoms with Crippen molar-refractivity contribution in [2.45, 2.75) is 44.2 Å². The van der Waals surface area contributed by atoms with Crippen LogP contribution in [0.2, 0.25) is 0 Å². The average molecular weight is 289 g/mol. The van der Waals surface area contributed by atoms with Crippen LogP contribution in [-0.4, -0.2) is 48.3 Å². The van der Waals surface area contributed by atoms with E-state index in [0.29, 0.717) is 5.54 Å². The predicted molar refractivity (Wildman–Crippen MR) is 84.2 cm³/mol. The molecular formula is C17H27N3O. The average Bonchev–Trinajstić information content (AvgIpc) is 2.58. The van der Waals surface area contributed by atoms with Gasteiger partial charge in [-0.25, -0.2) is 0 Å². The third-order valence-electron chi connectivity index (χ3n) is 4.95. The molecule has 1 aromatic rings. The van der Waals surface area contributed by atoms with Crippen molar-refractivity contribution in [2.75, 3.05) is 32.8 Å². The summed E-state index contributed by atoms with van der Waals surface area (Å²) in [5.74, 6) is 0. The molecule has 1 aliphatic carbocycles. The first kappa shape index (κ1) is 14.9. The fourth-order valence-corrected chi connectivity index (χ4v) is 3.78. The normalized spacial score (nSPS) is 23.0. The monoisotopic (exact) mass is 289 g/mol. The van der Waals surface area contributed by atoms with Gasteiger partial charge in [0.15, 0.2) is 0 Å². The Morgan fingerprint density at radius 1 is 1.14 bits per heavy atom. The van der Waals surface area contributed by atoms with E-state index in [1.54, 1.807) is 0 Å². The molecule has 0 radical (unpaired) electrons. The van der Waals surface area contributed by atoms with Crippen LogP contribution in [0, 0.1) is 0 Å². The summed E-state index contributed by atoms with van der Waals surface area (Å²) in [6.07, 6.45) is 8.64. The smallest absolute Gasteiger partial charge is 0.0594 e. The highest BCUT2D eigenvalue weighted by Gasteiger charge is 2.38. The Labute approximate surface area is 127 Å². The molecule has 21 heavy (non-hydrogen) atoms. The Kier molecular flexibility index (Phi) is 5.22. The van der Waals surface area contributed by atoms with E-state index in [1.807, 2.05) is 12.3 Å². The molecular weight excluding hydrogens is 262 g/mol. The van der Waals surface area contributed by atoms with Gasteiger partial charge in [-0.15, -0.1) is 0 Å². The van der Waals surface area contributed by atoms with Crippen molar-refractivity contribution in [2.24, 2.45) is 0 Å². The zero-order valence-electron chi connectivity index (χ0n) is 12.9. The SMILES string of the molecule is c1ccc(CNCC2(N3CCOCC3)CCCCC2)nc1. The lowest BCUT2D eigenvalue weighted by Gasteiger charge is -2.48. The second-order valence-corrected chi connectivity index (χ2v) is 6.31. The number of hydrogen-bond acceptors (Lipinski definition) is 4. The number of rotatable bonds is 5. The summed E-state index contributed by atoms with van der Waals surface area (Å²) in [6, 6.07) is 6.12. The summed E-state index contributed by atoms with van der Waals surface area (Å²) in [5, 5.41) is 3.66. The van der Waals surface area contributed by atoms with Crippen LogP contribution in [0.3, 0.4) is 0 Å². The number of hydrogen-bond donors (Lipinski definition) is 1. The number of aromatic nitrogens is 1. The van der Waals surface area contributed by atoms with Gasteiger partial charge in [0, 0.05) is 37.9 Å². The Bertz CT molecular complexity index is 411. The molecule has 1 aliphatic heterocycles. The minimum atomic E-state index is 0.344. The fourth-order valence-electron chi connectivity index (χ4n) is 3.78. The Hall–Kier alpha value is -0.970. The Morgan fingerprint density at radius 3 is 2.67 bits per heavy atom. The Balaban J connectivity index is 1.59. The van der Waals surface area contributed by atoms with Crippen LogP contribution < -0.4 is 5.32 Å². The van der Waals surface area contributed by atoms with E-state index in [9.17, 15) is 0 Å². The van der Waals surface area contributed by atoms with E-state index in [-0.39, 0.29) is 0 Å². The van der Waals surface area contributed by atoms with Crippen molar-refractivity contribution in [3.8, 4) is 0 Å². The first-order valence-electron chi connectivity index (χ1n) is 8.33. The van der Waals surface area contributed by atoms with Crippen LogP contribution in [0.5, 0.6) is 0 Å². The lowest BCUT2D eigenvalue weighted by Crippen LogP contribution is -2.59. The number of ether oxygens (including phenoxy) is 1. The van der Waals surface area contributed by atoms with Crippen LogP contribution in [0.25, 0.3) is 0 Å². The summed E-state index contributed by atoms with van der Waals surface area (Å²) in [6.45, 7) is 5.90. The van der Waals surface area contributed by atoms with Crippen LogP contribution in [-0.2, 0) is 11.3 Å². The highest BCUT2D eigenvalue weighted by Crippen LogP contribution is 2.33. The summed E-state index contributed by atoms with van der Waals surface area (Å²) in [4.78, 5) is 7.08. The zero-order chi connectivity index (χ0) is 14.4. The highest BCUT2D eigenvalue weighted by molar-refractivity contribution is 5.04. The second-order valence-electron chi connectivity index (χ2n) is 6.31. The maximum absolute atomic E-state index is 5.54. The fraction of sp³-hybridized carbons (Fsp3) is 0.706. The molecule has 3 rings (SSSR count). The zero-order valence-corrected chi connectivity index (χ0v) is 12.9. The maximum atomic E-state index is 5.54. The first-order valence-corrected chi connectivity index (χ1v) is 8.33. The van der Waals surface area contributed by atoms with Gasteiger partial charge in [-0.05, 0) is 25.0 Å². The van der Waals surface area contributed by atoms with Crippen molar-refractivity contribution in [3.05, 3.63) is 30.1 Å². The summed E-state index contributed by atoms with van der Waals surface area (Å²) in [7, 11) is 0. The van der Waals surface area contributed by atoms with Gasteiger partial charge in [0.25, 0.3) is 0 Å². The van der Waals surface area contributed by atoms with Gasteiger partial charge in [-0.2, -0.15) is 0 Å². The van der Waals surface area contributed by atoms with Crippen molar-refractivity contribution < 1.29 is 4.74 Å². The number of morpholine rings is 1. The van der Waals surface area contributed by atoms with Crippen LogP contribution >= 0.6 is 0 Å². The van der Waals surface area contributed by atoms with E-state index >= 15 is 0 Å². The topological polar surface area (TPSA) is 37.4 Å². The van der Waals surface area contributed by atoms with Crippen molar-refractivity contribution in [3.63, 3.8) is 0 Å². The van der Waals surface area contributed by atoms with Gasteiger partial charge in [0.1, 0.15) is 0 Å². The van der Waals surface area contributed by atoms with Crippen molar-refractivity contribution >= 4 is 0 Å². The molecule has 1 saturated heterocycles. The van der Waals surface area contributed by atoms with Crippen LogP contribution in [0.15, 0.2) is 24.4 Å². The molecule has 4 heteroatoms. The molecule has 2 heterocycles. The van der Waals surface area contributed by atoms with E-state index < -0.39 is 0 Å². The number of nitrogens with zero attached hydrogens (tertiary/aromatic N) is 2. The molecule has 1 aromatic heterocycles. The standard InChI is InChI=1S/C17H27N3O/c1-3-7-17(8-4-1,20-10-12-21-13-11-20)15-18-14-16-6-2-5-9-19-16/h2,5-6,9,18H,1,3-4,7-8,10-15H2. The molecule has 116 valence electrons.